The Morgan fingerprint density at radius 1 is 1.21 bits per heavy atom. The Morgan fingerprint density at radius 3 is 2.25 bits per heavy atom. The summed E-state index contributed by atoms with van der Waals surface area (Å²) in [6.07, 6.45) is 0. The minimum absolute atomic E-state index is 0.0111. The third-order valence-corrected chi connectivity index (χ3v) is 5.64. The van der Waals surface area contributed by atoms with Gasteiger partial charge in [-0.25, -0.2) is 4.79 Å². The van der Waals surface area contributed by atoms with E-state index in [4.69, 9.17) is 38.0 Å². The third kappa shape index (κ3) is 5.65. The van der Waals surface area contributed by atoms with E-state index in [1.54, 1.807) is 13.8 Å². The number of hydrogen-bond donors (Lipinski definition) is 3. The van der Waals surface area contributed by atoms with Gasteiger partial charge >= 0.3 is 13.6 Å². The number of rotatable bonds is 8. The van der Waals surface area contributed by atoms with Crippen molar-refractivity contribution in [2.75, 3.05) is 18.5 Å². The molecule has 0 aromatic heterocycles. The number of anilines is 1. The molecule has 1 aromatic carbocycles. The van der Waals surface area contributed by atoms with Crippen LogP contribution < -0.4 is 16.4 Å². The molecule has 1 unspecified atom stereocenters. The molecule has 0 saturated carbocycles. The fraction of sp³-hybridized carbons (Fsp3) is 0.385. The van der Waals surface area contributed by atoms with Crippen LogP contribution in [0.1, 0.15) is 13.8 Å². The van der Waals surface area contributed by atoms with Gasteiger partial charge in [-0.2, -0.15) is 0 Å². The second-order valence-corrected chi connectivity index (χ2v) is 7.33. The average molecular weight is 398 g/mol. The highest BCUT2D eigenvalue weighted by atomic mass is 35.5. The molecule has 1 rings (SSSR count). The molecule has 134 valence electrons. The molecule has 1 atom stereocenters. The Labute approximate surface area is 149 Å². The largest absolute Gasteiger partial charge is 0.367 e. The number of hydrogen-bond acceptors (Lipinski definition) is 5. The Hall–Kier alpha value is -1.31. The van der Waals surface area contributed by atoms with Crippen LogP contribution in [-0.2, 0) is 18.4 Å². The number of urea groups is 1. The number of carbonyl (C=O) groups excluding carboxylic acids is 2. The second-order valence-electron chi connectivity index (χ2n) is 4.41. The number of benzene rings is 1. The van der Waals surface area contributed by atoms with Crippen LogP contribution in [0.4, 0.5) is 10.5 Å². The Balaban J connectivity index is 2.90. The van der Waals surface area contributed by atoms with Gasteiger partial charge in [-0.3, -0.25) is 9.36 Å². The first-order valence-electron chi connectivity index (χ1n) is 6.94. The zero-order chi connectivity index (χ0) is 18.3. The zero-order valence-electron chi connectivity index (χ0n) is 13.0. The van der Waals surface area contributed by atoms with Crippen molar-refractivity contribution in [1.82, 2.24) is 5.32 Å². The summed E-state index contributed by atoms with van der Waals surface area (Å²) in [6.45, 7) is 3.16. The molecule has 0 fully saturated rings. The fourth-order valence-electron chi connectivity index (χ4n) is 1.72. The number of nitrogens with two attached hydrogens (primary N) is 1. The van der Waals surface area contributed by atoms with E-state index < -0.39 is 25.3 Å². The number of carbonyl (C=O) groups is 2. The van der Waals surface area contributed by atoms with Gasteiger partial charge in [-0.05, 0) is 32.0 Å². The minimum atomic E-state index is -3.96. The molecule has 0 radical (unpaired) electrons. The molecule has 11 heteroatoms. The van der Waals surface area contributed by atoms with E-state index in [1.165, 1.54) is 18.2 Å². The number of primary amides is 1. The highest BCUT2D eigenvalue weighted by molar-refractivity contribution is 7.55. The third-order valence-electron chi connectivity index (χ3n) is 2.65. The average Bonchev–Trinajstić information content (AvgIpc) is 2.48. The van der Waals surface area contributed by atoms with Crippen LogP contribution in [0.15, 0.2) is 18.2 Å². The lowest BCUT2D eigenvalue weighted by atomic mass is 10.3. The summed E-state index contributed by atoms with van der Waals surface area (Å²) in [7, 11) is -3.96. The summed E-state index contributed by atoms with van der Waals surface area (Å²) < 4.78 is 22.7. The molecule has 0 aliphatic carbocycles. The molecule has 0 heterocycles. The van der Waals surface area contributed by atoms with E-state index in [0.29, 0.717) is 10.7 Å². The van der Waals surface area contributed by atoms with Gasteiger partial charge in [0.1, 0.15) is 0 Å². The van der Waals surface area contributed by atoms with Crippen LogP contribution in [0.25, 0.3) is 0 Å². The summed E-state index contributed by atoms with van der Waals surface area (Å²) in [5, 5.41) is 5.16. The lowest BCUT2D eigenvalue weighted by Crippen LogP contribution is -2.46. The number of halogens is 2. The highest BCUT2D eigenvalue weighted by Gasteiger charge is 2.41. The van der Waals surface area contributed by atoms with E-state index >= 15 is 0 Å². The number of nitrogens with one attached hydrogen (secondary N) is 2. The van der Waals surface area contributed by atoms with Crippen LogP contribution in [0, 0.1) is 0 Å². The van der Waals surface area contributed by atoms with Crippen LogP contribution in [0.5, 0.6) is 0 Å². The molecule has 0 aliphatic heterocycles. The first-order chi connectivity index (χ1) is 11.2. The summed E-state index contributed by atoms with van der Waals surface area (Å²) in [4.78, 5) is 23.6. The molecule has 3 amide bonds. The van der Waals surface area contributed by atoms with Gasteiger partial charge in [0.05, 0.1) is 23.3 Å². The van der Waals surface area contributed by atoms with Gasteiger partial charge in [-0.15, -0.1) is 0 Å². The zero-order valence-corrected chi connectivity index (χ0v) is 15.5. The predicted octanol–water partition coefficient (Wildman–Crippen LogP) is 3.19. The predicted molar refractivity (Wildman–Crippen MR) is 92.5 cm³/mol. The Morgan fingerprint density at radius 2 is 1.79 bits per heavy atom. The van der Waals surface area contributed by atoms with Crippen molar-refractivity contribution in [3.63, 3.8) is 0 Å². The summed E-state index contributed by atoms with van der Waals surface area (Å²) in [6, 6.07) is 3.55. The maximum atomic E-state index is 12.6. The fourth-order valence-corrected chi connectivity index (χ4v) is 3.70. The van der Waals surface area contributed by atoms with Crippen molar-refractivity contribution in [1.29, 1.82) is 0 Å². The van der Waals surface area contributed by atoms with Crippen molar-refractivity contribution in [2.24, 2.45) is 5.73 Å². The smallest absolute Gasteiger partial charge is 0.362 e. The van der Waals surface area contributed by atoms with Gasteiger partial charge in [0, 0.05) is 5.69 Å². The van der Waals surface area contributed by atoms with E-state index in [1.807, 2.05) is 0 Å². The van der Waals surface area contributed by atoms with Gasteiger partial charge in [0.15, 0.2) is 0 Å². The normalized spacial score (nSPS) is 12.5. The molecular formula is C13H18Cl2N3O5P. The van der Waals surface area contributed by atoms with E-state index in [0.717, 1.165) is 0 Å². The summed E-state index contributed by atoms with van der Waals surface area (Å²) >= 11 is 11.6. The lowest BCUT2D eigenvalue weighted by Gasteiger charge is -2.24. The molecule has 1 aromatic rings. The maximum Gasteiger partial charge on any atom is 0.362 e. The molecule has 24 heavy (non-hydrogen) atoms. The molecule has 0 saturated heterocycles. The molecule has 0 aliphatic rings. The number of amides is 3. The minimum Gasteiger partial charge on any atom is -0.367 e. The lowest BCUT2D eigenvalue weighted by molar-refractivity contribution is -0.118. The van der Waals surface area contributed by atoms with Crippen LogP contribution in [0.3, 0.4) is 0 Å². The standard InChI is InChI=1S/C13H18Cl2N3O5P/c1-3-22-24(21,23-4-2)12(11(16)19)18-13(20)17-8-5-6-9(14)10(15)7-8/h5-7,12H,3-4H2,1-2H3,(H2,16,19)(H2,17,18,20). The quantitative estimate of drug-likeness (QED) is 0.581. The SMILES string of the molecule is CCOP(=O)(OCC)C(NC(=O)Nc1ccc(Cl)c(Cl)c1)C(N)=O. The van der Waals surface area contributed by atoms with Crippen molar-refractivity contribution < 1.29 is 23.2 Å². The van der Waals surface area contributed by atoms with Gasteiger partial charge < -0.3 is 25.4 Å². The summed E-state index contributed by atoms with van der Waals surface area (Å²) in [5.74, 6) is -2.69. The first-order valence-corrected chi connectivity index (χ1v) is 9.31. The topological polar surface area (TPSA) is 120 Å². The van der Waals surface area contributed by atoms with Crippen molar-refractivity contribution in [3.05, 3.63) is 28.2 Å². The van der Waals surface area contributed by atoms with Crippen molar-refractivity contribution in [2.45, 2.75) is 19.6 Å². The van der Waals surface area contributed by atoms with Crippen LogP contribution in [0.2, 0.25) is 10.0 Å². The molecular weight excluding hydrogens is 380 g/mol. The van der Waals surface area contributed by atoms with Gasteiger partial charge in [0.25, 0.3) is 5.91 Å². The van der Waals surface area contributed by atoms with Crippen molar-refractivity contribution >= 4 is 48.4 Å². The highest BCUT2D eigenvalue weighted by Crippen LogP contribution is 2.51. The molecule has 4 N–H and O–H groups in total. The summed E-state index contributed by atoms with van der Waals surface area (Å²) in [5.41, 5.74) is 5.53. The molecule has 0 spiro atoms. The van der Waals surface area contributed by atoms with Gasteiger partial charge in [-0.1, -0.05) is 23.2 Å². The van der Waals surface area contributed by atoms with E-state index in [2.05, 4.69) is 10.6 Å². The Bertz CT molecular complexity index is 648. The van der Waals surface area contributed by atoms with Crippen LogP contribution >= 0.6 is 30.8 Å². The van der Waals surface area contributed by atoms with E-state index in [-0.39, 0.29) is 18.2 Å². The monoisotopic (exact) mass is 397 g/mol. The molecule has 8 nitrogen and oxygen atoms in total. The van der Waals surface area contributed by atoms with E-state index in [9.17, 15) is 14.2 Å². The van der Waals surface area contributed by atoms with Crippen molar-refractivity contribution in [3.8, 4) is 0 Å². The van der Waals surface area contributed by atoms with Crippen LogP contribution in [-0.4, -0.2) is 30.9 Å². The first kappa shape index (κ1) is 20.7. The Kier molecular flexibility index (Phi) is 7.99. The van der Waals surface area contributed by atoms with Gasteiger partial charge in [0.2, 0.25) is 5.78 Å². The maximum absolute atomic E-state index is 12.6. The molecule has 0 bridgehead atoms. The second kappa shape index (κ2) is 9.25.